The molecule has 3 fully saturated rings. The number of carbonyl (C=O) groups excluding carboxylic acids is 3. The zero-order valence-electron chi connectivity index (χ0n) is 16.8. The molecule has 0 bridgehead atoms. The summed E-state index contributed by atoms with van der Waals surface area (Å²) in [5.41, 5.74) is 1.53. The quantitative estimate of drug-likeness (QED) is 0.746. The normalized spacial score (nSPS) is 24.9. The van der Waals surface area contributed by atoms with Crippen LogP contribution in [-0.4, -0.2) is 81.9 Å². The summed E-state index contributed by atoms with van der Waals surface area (Å²) in [6, 6.07) is 0. The highest BCUT2D eigenvalue weighted by Crippen LogP contribution is 2.39. The molecule has 3 aliphatic rings. The fraction of sp³-hybridized carbons (Fsp3) is 0.650. The van der Waals surface area contributed by atoms with E-state index in [0.29, 0.717) is 45.8 Å². The van der Waals surface area contributed by atoms with Crippen LogP contribution in [0.25, 0.3) is 0 Å². The third-order valence-electron chi connectivity index (χ3n) is 6.12. The number of amides is 3. The number of ether oxygens (including phenoxy) is 1. The Labute approximate surface area is 170 Å². The van der Waals surface area contributed by atoms with Gasteiger partial charge in [-0.2, -0.15) is 0 Å². The van der Waals surface area contributed by atoms with E-state index in [-0.39, 0.29) is 23.8 Å². The molecule has 156 valence electrons. The molecule has 1 aromatic rings. The zero-order valence-corrected chi connectivity index (χ0v) is 16.8. The van der Waals surface area contributed by atoms with Gasteiger partial charge in [0, 0.05) is 37.7 Å². The summed E-state index contributed by atoms with van der Waals surface area (Å²) in [5, 5.41) is 0. The Hall–Kier alpha value is -2.71. The van der Waals surface area contributed by atoms with Crippen molar-refractivity contribution >= 4 is 17.9 Å². The van der Waals surface area contributed by atoms with Crippen molar-refractivity contribution < 1.29 is 19.1 Å². The van der Waals surface area contributed by atoms with Gasteiger partial charge in [0.25, 0.3) is 0 Å². The van der Waals surface area contributed by atoms with Crippen molar-refractivity contribution in [3.05, 3.63) is 23.8 Å². The molecule has 9 heteroatoms. The van der Waals surface area contributed by atoms with Crippen LogP contribution in [0.4, 0.5) is 4.79 Å². The van der Waals surface area contributed by atoms with Crippen LogP contribution in [0.3, 0.4) is 0 Å². The van der Waals surface area contributed by atoms with E-state index in [2.05, 4.69) is 9.97 Å². The van der Waals surface area contributed by atoms with Gasteiger partial charge in [-0.15, -0.1) is 0 Å². The summed E-state index contributed by atoms with van der Waals surface area (Å²) >= 11 is 0. The molecular weight excluding hydrogens is 374 g/mol. The highest BCUT2D eigenvalue weighted by Gasteiger charge is 2.43. The SMILES string of the molecule is Cc1cnc(CN2C[C@]3(CCCN(C(=O)CN4CCOC4=O)C3)CCC2=O)cn1. The minimum Gasteiger partial charge on any atom is -0.448 e. The van der Waals surface area contributed by atoms with E-state index >= 15 is 0 Å². The average Bonchev–Trinajstić information content (AvgIpc) is 3.11. The fourth-order valence-corrected chi connectivity index (χ4v) is 4.53. The molecule has 4 rings (SSSR count). The first-order valence-corrected chi connectivity index (χ1v) is 10.2. The van der Waals surface area contributed by atoms with Crippen LogP contribution in [0.15, 0.2) is 12.4 Å². The van der Waals surface area contributed by atoms with E-state index in [1.807, 2.05) is 16.7 Å². The summed E-state index contributed by atoms with van der Waals surface area (Å²) in [5.74, 6) is 0.0806. The van der Waals surface area contributed by atoms with Gasteiger partial charge in [-0.3, -0.25) is 24.5 Å². The van der Waals surface area contributed by atoms with Crippen molar-refractivity contribution in [3.63, 3.8) is 0 Å². The zero-order chi connectivity index (χ0) is 20.4. The van der Waals surface area contributed by atoms with Crippen LogP contribution < -0.4 is 0 Å². The second-order valence-electron chi connectivity index (χ2n) is 8.35. The number of piperidine rings is 2. The Morgan fingerprint density at radius 3 is 2.72 bits per heavy atom. The average molecular weight is 401 g/mol. The van der Waals surface area contributed by atoms with E-state index in [9.17, 15) is 14.4 Å². The van der Waals surface area contributed by atoms with Gasteiger partial charge in [0.2, 0.25) is 11.8 Å². The van der Waals surface area contributed by atoms with Gasteiger partial charge in [-0.05, 0) is 26.2 Å². The number of aromatic nitrogens is 2. The number of hydrogen-bond donors (Lipinski definition) is 0. The molecule has 1 aromatic heterocycles. The molecule has 0 saturated carbocycles. The smallest absolute Gasteiger partial charge is 0.410 e. The first-order valence-electron chi connectivity index (χ1n) is 10.2. The van der Waals surface area contributed by atoms with Crippen molar-refractivity contribution in [2.45, 2.75) is 39.2 Å². The van der Waals surface area contributed by atoms with Gasteiger partial charge in [0.05, 0.1) is 30.7 Å². The van der Waals surface area contributed by atoms with Gasteiger partial charge in [0.15, 0.2) is 0 Å². The molecule has 1 atom stereocenters. The Bertz CT molecular complexity index is 799. The van der Waals surface area contributed by atoms with Gasteiger partial charge in [-0.1, -0.05) is 0 Å². The van der Waals surface area contributed by atoms with E-state index < -0.39 is 6.09 Å². The Balaban J connectivity index is 1.41. The van der Waals surface area contributed by atoms with Gasteiger partial charge < -0.3 is 14.5 Å². The Kier molecular flexibility index (Phi) is 5.38. The monoisotopic (exact) mass is 401 g/mol. The standard InChI is InChI=1S/C20H27N5O4/c1-15-9-22-16(10-21-15)11-25-14-20(5-3-17(25)26)4-2-6-24(13-20)18(27)12-23-7-8-29-19(23)28/h9-10H,2-8,11-14H2,1H3/t20-/m1/s1. The summed E-state index contributed by atoms with van der Waals surface area (Å²) in [6.07, 6.45) is 6.18. The number of rotatable bonds is 4. The summed E-state index contributed by atoms with van der Waals surface area (Å²) in [7, 11) is 0. The lowest BCUT2D eigenvalue weighted by Gasteiger charge is -2.48. The maximum absolute atomic E-state index is 12.8. The van der Waals surface area contributed by atoms with Crippen LogP contribution in [0.5, 0.6) is 0 Å². The third kappa shape index (κ3) is 4.33. The molecule has 3 aliphatic heterocycles. The number of hydrogen-bond acceptors (Lipinski definition) is 6. The predicted molar refractivity (Wildman–Crippen MR) is 103 cm³/mol. The van der Waals surface area contributed by atoms with Crippen LogP contribution in [-0.2, 0) is 20.9 Å². The lowest BCUT2D eigenvalue weighted by atomic mass is 9.73. The maximum Gasteiger partial charge on any atom is 0.410 e. The molecular formula is C20H27N5O4. The second kappa shape index (κ2) is 7.96. The molecule has 0 N–H and O–H groups in total. The van der Waals surface area contributed by atoms with Crippen molar-refractivity contribution in [2.75, 3.05) is 39.3 Å². The van der Waals surface area contributed by atoms with Gasteiger partial charge in [-0.25, -0.2) is 4.79 Å². The van der Waals surface area contributed by atoms with Crippen molar-refractivity contribution in [2.24, 2.45) is 5.41 Å². The minimum absolute atomic E-state index is 0.0456. The number of nitrogens with zero attached hydrogens (tertiary/aromatic N) is 5. The number of cyclic esters (lactones) is 1. The van der Waals surface area contributed by atoms with E-state index in [0.717, 1.165) is 30.7 Å². The number of carbonyl (C=O) groups is 3. The molecule has 0 aromatic carbocycles. The molecule has 1 spiro atoms. The van der Waals surface area contributed by atoms with E-state index in [1.165, 1.54) is 4.90 Å². The van der Waals surface area contributed by atoms with Gasteiger partial charge in [0.1, 0.15) is 13.2 Å². The Morgan fingerprint density at radius 2 is 2.00 bits per heavy atom. The van der Waals surface area contributed by atoms with Crippen molar-refractivity contribution in [1.82, 2.24) is 24.7 Å². The third-order valence-corrected chi connectivity index (χ3v) is 6.12. The predicted octanol–water partition coefficient (Wildman–Crippen LogP) is 0.968. The fourth-order valence-electron chi connectivity index (χ4n) is 4.53. The van der Waals surface area contributed by atoms with Gasteiger partial charge >= 0.3 is 6.09 Å². The number of likely N-dealkylation sites (tertiary alicyclic amines) is 2. The maximum atomic E-state index is 12.8. The lowest BCUT2D eigenvalue weighted by Crippen LogP contribution is -2.56. The van der Waals surface area contributed by atoms with Crippen LogP contribution in [0.1, 0.15) is 37.1 Å². The van der Waals surface area contributed by atoms with Crippen LogP contribution >= 0.6 is 0 Å². The summed E-state index contributed by atoms with van der Waals surface area (Å²) < 4.78 is 4.91. The molecule has 0 radical (unpaired) electrons. The van der Waals surface area contributed by atoms with E-state index in [1.54, 1.807) is 12.4 Å². The minimum atomic E-state index is -0.418. The molecule has 9 nitrogen and oxygen atoms in total. The molecule has 0 unspecified atom stereocenters. The van der Waals surface area contributed by atoms with E-state index in [4.69, 9.17) is 4.74 Å². The molecule has 3 saturated heterocycles. The topological polar surface area (TPSA) is 95.9 Å². The molecule has 4 heterocycles. The largest absolute Gasteiger partial charge is 0.448 e. The first kappa shape index (κ1) is 19.6. The van der Waals surface area contributed by atoms with Crippen molar-refractivity contribution in [3.8, 4) is 0 Å². The summed E-state index contributed by atoms with van der Waals surface area (Å²) in [6.45, 7) is 5.14. The highest BCUT2D eigenvalue weighted by molar-refractivity contribution is 5.83. The second-order valence-corrected chi connectivity index (χ2v) is 8.35. The van der Waals surface area contributed by atoms with Crippen LogP contribution in [0, 0.1) is 12.3 Å². The first-order chi connectivity index (χ1) is 13.9. The number of aryl methyl sites for hydroxylation is 1. The molecule has 3 amide bonds. The molecule has 29 heavy (non-hydrogen) atoms. The Morgan fingerprint density at radius 1 is 1.14 bits per heavy atom. The lowest BCUT2D eigenvalue weighted by molar-refractivity contribution is -0.144. The highest BCUT2D eigenvalue weighted by atomic mass is 16.6. The molecule has 0 aliphatic carbocycles. The summed E-state index contributed by atoms with van der Waals surface area (Å²) in [4.78, 5) is 50.7. The van der Waals surface area contributed by atoms with Crippen molar-refractivity contribution in [1.29, 1.82) is 0 Å². The van der Waals surface area contributed by atoms with Crippen LogP contribution in [0.2, 0.25) is 0 Å².